The summed E-state index contributed by atoms with van der Waals surface area (Å²) in [7, 11) is 0. The summed E-state index contributed by atoms with van der Waals surface area (Å²) in [5.74, 6) is 1.74. The number of fused-ring (bicyclic) bond motifs is 1. The van der Waals surface area contributed by atoms with E-state index >= 15 is 0 Å². The Morgan fingerprint density at radius 1 is 0.851 bits per heavy atom. The number of nitrogens with zero attached hydrogens (tertiary/aromatic N) is 4. The number of hydrogen-bond acceptors (Lipinski definition) is 5. The first-order chi connectivity index (χ1) is 22.6. The fraction of sp³-hybridized carbons (Fsp3) is 0.297. The molecule has 1 saturated heterocycles. The molecule has 0 spiro atoms. The van der Waals surface area contributed by atoms with E-state index in [1.807, 2.05) is 90.7 Å². The van der Waals surface area contributed by atoms with E-state index < -0.39 is 0 Å². The first kappa shape index (κ1) is 31.6. The minimum absolute atomic E-state index is 0.123. The van der Waals surface area contributed by atoms with E-state index in [2.05, 4.69) is 41.7 Å². The number of aryl methyl sites for hydroxylation is 1. The number of rotatable bonds is 7. The molecule has 47 heavy (non-hydrogen) atoms. The van der Waals surface area contributed by atoms with Crippen LogP contribution in [0.4, 0.5) is 26.9 Å². The van der Waals surface area contributed by atoms with E-state index in [0.717, 1.165) is 65.6 Å². The van der Waals surface area contributed by atoms with E-state index in [1.165, 1.54) is 0 Å². The van der Waals surface area contributed by atoms with Gasteiger partial charge in [-0.25, -0.2) is 19.3 Å². The van der Waals surface area contributed by atoms with E-state index in [9.17, 15) is 9.59 Å². The highest BCUT2D eigenvalue weighted by atomic mass is 16.5. The Labute approximate surface area is 275 Å². The number of carbonyl (C=O) groups is 2. The number of anilines is 3. The maximum atomic E-state index is 13.4. The zero-order valence-corrected chi connectivity index (χ0v) is 27.3. The SMILES string of the molecule is Cc1ccc(-n2nc(C(C)(C)C)cc2NC(=O)Nc2ccc(OCc3ccnc(NC(=O)N4CCCCC4)c3)c3ccccc23)cc1. The molecule has 0 radical (unpaired) electrons. The van der Waals surface area contributed by atoms with Crippen molar-refractivity contribution in [2.45, 2.75) is 59.0 Å². The van der Waals surface area contributed by atoms with Gasteiger partial charge in [-0.2, -0.15) is 5.10 Å². The standard InChI is InChI=1S/C37H41N7O3/c1-25-12-14-27(15-13-25)44-34(23-32(42-44)37(2,3)4)41-35(45)39-30-16-17-31(29-11-7-6-10-28(29)30)47-24-26-18-19-38-33(22-26)40-36(46)43-20-8-5-9-21-43/h6-7,10-19,22-23H,5,8-9,20-21,24H2,1-4H3,(H,38,40,46)(H2,39,41,45). The van der Waals surface area contributed by atoms with Crippen LogP contribution in [0.3, 0.4) is 0 Å². The molecule has 1 fully saturated rings. The Morgan fingerprint density at radius 2 is 1.60 bits per heavy atom. The maximum Gasteiger partial charge on any atom is 0.324 e. The highest BCUT2D eigenvalue weighted by Gasteiger charge is 2.22. The lowest BCUT2D eigenvalue weighted by molar-refractivity contribution is 0.200. The smallest absolute Gasteiger partial charge is 0.324 e. The molecule has 0 saturated carbocycles. The van der Waals surface area contributed by atoms with Crippen molar-refractivity contribution in [3.05, 3.63) is 102 Å². The average molecular weight is 632 g/mol. The topological polar surface area (TPSA) is 113 Å². The van der Waals surface area contributed by atoms with Gasteiger partial charge >= 0.3 is 12.1 Å². The molecule has 0 unspecified atom stereocenters. The van der Waals surface area contributed by atoms with Crippen LogP contribution < -0.4 is 20.7 Å². The molecule has 0 aliphatic carbocycles. The molecular formula is C37H41N7O3. The molecule has 6 rings (SSSR count). The molecular weight excluding hydrogens is 590 g/mol. The van der Waals surface area contributed by atoms with Crippen LogP contribution in [0.2, 0.25) is 0 Å². The number of piperidine rings is 1. The molecule has 1 aliphatic rings. The van der Waals surface area contributed by atoms with Gasteiger partial charge in [0.15, 0.2) is 0 Å². The van der Waals surface area contributed by atoms with Crippen molar-refractivity contribution in [1.82, 2.24) is 19.7 Å². The van der Waals surface area contributed by atoms with Gasteiger partial charge in [0.05, 0.1) is 17.1 Å². The van der Waals surface area contributed by atoms with Crippen LogP contribution in [0, 0.1) is 6.92 Å². The number of aromatic nitrogens is 3. The summed E-state index contributed by atoms with van der Waals surface area (Å²) in [4.78, 5) is 32.2. The molecule has 0 atom stereocenters. The van der Waals surface area contributed by atoms with Crippen LogP contribution in [0.25, 0.3) is 16.5 Å². The van der Waals surface area contributed by atoms with Crippen LogP contribution in [0.1, 0.15) is 56.9 Å². The summed E-state index contributed by atoms with van der Waals surface area (Å²) in [6, 6.07) is 24.6. The molecule has 3 N–H and O–H groups in total. The summed E-state index contributed by atoms with van der Waals surface area (Å²) < 4.78 is 8.02. The Hall–Kier alpha value is -5.38. The minimum atomic E-state index is -0.381. The largest absolute Gasteiger partial charge is 0.488 e. The monoisotopic (exact) mass is 631 g/mol. The average Bonchev–Trinajstić information content (AvgIpc) is 3.49. The lowest BCUT2D eigenvalue weighted by atomic mass is 9.92. The van der Waals surface area contributed by atoms with Crippen molar-refractivity contribution in [3.63, 3.8) is 0 Å². The lowest BCUT2D eigenvalue weighted by Gasteiger charge is -2.26. The third kappa shape index (κ3) is 7.54. The van der Waals surface area contributed by atoms with Crippen molar-refractivity contribution < 1.29 is 14.3 Å². The third-order valence-electron chi connectivity index (χ3n) is 8.23. The van der Waals surface area contributed by atoms with Crippen molar-refractivity contribution in [2.75, 3.05) is 29.0 Å². The van der Waals surface area contributed by atoms with Crippen molar-refractivity contribution >= 4 is 40.2 Å². The Kier molecular flexibility index (Phi) is 9.10. The van der Waals surface area contributed by atoms with Crippen molar-refractivity contribution in [1.29, 1.82) is 0 Å². The molecule has 4 amide bonds. The first-order valence-corrected chi connectivity index (χ1v) is 16.0. The summed E-state index contributed by atoms with van der Waals surface area (Å²) in [5, 5.41) is 15.5. The zero-order valence-electron chi connectivity index (χ0n) is 27.3. The highest BCUT2D eigenvalue weighted by Crippen LogP contribution is 2.33. The van der Waals surface area contributed by atoms with E-state index in [4.69, 9.17) is 9.84 Å². The predicted octanol–water partition coefficient (Wildman–Crippen LogP) is 8.27. The second kappa shape index (κ2) is 13.5. The van der Waals surface area contributed by atoms with Gasteiger partial charge in [-0.3, -0.25) is 10.6 Å². The second-order valence-corrected chi connectivity index (χ2v) is 13.0. The van der Waals surface area contributed by atoms with Gasteiger partial charge < -0.3 is 15.0 Å². The normalized spacial score (nSPS) is 13.3. The number of urea groups is 2. The van der Waals surface area contributed by atoms with Crippen LogP contribution in [-0.2, 0) is 12.0 Å². The zero-order chi connectivity index (χ0) is 33.0. The minimum Gasteiger partial charge on any atom is -0.488 e. The molecule has 2 aromatic heterocycles. The Bertz CT molecular complexity index is 1890. The van der Waals surface area contributed by atoms with E-state index in [0.29, 0.717) is 23.1 Å². The number of nitrogens with one attached hydrogen (secondary N) is 3. The summed E-state index contributed by atoms with van der Waals surface area (Å²) in [5.41, 5.74) is 4.19. The van der Waals surface area contributed by atoms with Gasteiger partial charge in [0.2, 0.25) is 0 Å². The van der Waals surface area contributed by atoms with Gasteiger partial charge in [0.1, 0.15) is 24.0 Å². The number of benzene rings is 3. The number of ether oxygens (including phenoxy) is 1. The maximum absolute atomic E-state index is 13.4. The van der Waals surface area contributed by atoms with E-state index in [1.54, 1.807) is 10.9 Å². The van der Waals surface area contributed by atoms with Crippen molar-refractivity contribution in [3.8, 4) is 11.4 Å². The fourth-order valence-corrected chi connectivity index (χ4v) is 5.57. The molecule has 3 aromatic carbocycles. The molecule has 5 aromatic rings. The first-order valence-electron chi connectivity index (χ1n) is 16.0. The summed E-state index contributed by atoms with van der Waals surface area (Å²) >= 11 is 0. The summed E-state index contributed by atoms with van der Waals surface area (Å²) in [6.45, 7) is 10.1. The van der Waals surface area contributed by atoms with Gasteiger partial charge in [0, 0.05) is 41.5 Å². The van der Waals surface area contributed by atoms with Crippen LogP contribution in [-0.4, -0.2) is 44.8 Å². The van der Waals surface area contributed by atoms with Gasteiger partial charge in [-0.1, -0.05) is 62.7 Å². The Balaban J connectivity index is 1.16. The number of hydrogen-bond donors (Lipinski definition) is 3. The van der Waals surface area contributed by atoms with Gasteiger partial charge in [-0.15, -0.1) is 0 Å². The molecule has 10 nitrogen and oxygen atoms in total. The van der Waals surface area contributed by atoms with Crippen molar-refractivity contribution in [2.24, 2.45) is 0 Å². The Morgan fingerprint density at radius 3 is 2.34 bits per heavy atom. The quantitative estimate of drug-likeness (QED) is 0.167. The van der Waals surface area contributed by atoms with Gasteiger partial charge in [0.25, 0.3) is 0 Å². The molecule has 10 heteroatoms. The van der Waals surface area contributed by atoms with Crippen LogP contribution >= 0.6 is 0 Å². The molecule has 0 bridgehead atoms. The number of carbonyl (C=O) groups excluding carboxylic acids is 2. The number of pyridine rings is 1. The van der Waals surface area contributed by atoms with Crippen LogP contribution in [0.15, 0.2) is 85.1 Å². The highest BCUT2D eigenvalue weighted by molar-refractivity contribution is 6.07. The molecule has 1 aliphatic heterocycles. The number of amides is 4. The fourth-order valence-electron chi connectivity index (χ4n) is 5.57. The lowest BCUT2D eigenvalue weighted by Crippen LogP contribution is -2.38. The second-order valence-electron chi connectivity index (χ2n) is 13.0. The van der Waals surface area contributed by atoms with Gasteiger partial charge in [-0.05, 0) is 68.1 Å². The van der Waals surface area contributed by atoms with Crippen LogP contribution in [0.5, 0.6) is 5.75 Å². The molecule has 3 heterocycles. The summed E-state index contributed by atoms with van der Waals surface area (Å²) in [6.07, 6.45) is 4.88. The van der Waals surface area contributed by atoms with E-state index in [-0.39, 0.29) is 24.1 Å². The predicted molar refractivity (Wildman–Crippen MR) is 187 cm³/mol. The third-order valence-corrected chi connectivity index (χ3v) is 8.23. The molecule has 242 valence electrons. The number of likely N-dealkylation sites (tertiary alicyclic amines) is 1.